The van der Waals surface area contributed by atoms with Gasteiger partial charge in [-0.1, -0.05) is 30.3 Å². The number of carbonyl (C=O) groups excluding carboxylic acids is 2. The first-order valence-corrected chi connectivity index (χ1v) is 8.60. The van der Waals surface area contributed by atoms with Gasteiger partial charge < -0.3 is 10.6 Å². The van der Waals surface area contributed by atoms with Gasteiger partial charge in [-0.05, 0) is 5.56 Å². The van der Waals surface area contributed by atoms with Crippen LogP contribution in [0.25, 0.3) is 0 Å². The molecule has 1 fully saturated rings. The first-order chi connectivity index (χ1) is 11.2. The first-order valence-electron chi connectivity index (χ1n) is 7.45. The maximum absolute atomic E-state index is 12.3. The molecule has 0 spiro atoms. The topological polar surface area (TPSA) is 76.0 Å². The molecule has 1 aliphatic heterocycles. The predicted molar refractivity (Wildman–Crippen MR) is 90.3 cm³/mol. The summed E-state index contributed by atoms with van der Waals surface area (Å²) in [6, 6.07) is 9.49. The molecule has 0 aliphatic carbocycles. The molecule has 0 bridgehead atoms. The highest BCUT2D eigenvalue weighted by Crippen LogP contribution is 2.13. The highest BCUT2D eigenvalue weighted by molar-refractivity contribution is 7.99. The van der Waals surface area contributed by atoms with Crippen molar-refractivity contribution in [3.8, 4) is 0 Å². The molecular formula is C16H18N4O2S. The van der Waals surface area contributed by atoms with Crippen LogP contribution in [0.1, 0.15) is 12.0 Å². The molecule has 6 nitrogen and oxygen atoms in total. The third-order valence-corrected chi connectivity index (χ3v) is 4.56. The Balaban J connectivity index is 1.60. The standard InChI is InChI=1S/C16H18N4O2S/c21-15-6-7-23-11-14(19-15)16(22)18-13-8-17-20(10-13)9-12-4-2-1-3-5-12/h1-5,8,10,14H,6-7,9,11H2,(H,18,22)(H,19,21)/t14-/m1/s1. The minimum absolute atomic E-state index is 0.0741. The van der Waals surface area contributed by atoms with Crippen molar-refractivity contribution >= 4 is 29.3 Å². The SMILES string of the molecule is O=C1CCSC[C@H](C(=O)Nc2cnn(Cc3ccccc3)c2)N1. The quantitative estimate of drug-likeness (QED) is 0.890. The minimum Gasteiger partial charge on any atom is -0.343 e. The number of nitrogens with one attached hydrogen (secondary N) is 2. The maximum atomic E-state index is 12.3. The molecule has 1 aromatic heterocycles. The van der Waals surface area contributed by atoms with E-state index in [1.54, 1.807) is 28.8 Å². The fourth-order valence-corrected chi connectivity index (χ4v) is 3.30. The van der Waals surface area contributed by atoms with Crippen molar-refractivity contribution in [2.45, 2.75) is 19.0 Å². The maximum Gasteiger partial charge on any atom is 0.247 e. The molecule has 2 N–H and O–H groups in total. The lowest BCUT2D eigenvalue weighted by Gasteiger charge is -2.14. The zero-order chi connectivity index (χ0) is 16.1. The van der Waals surface area contributed by atoms with Crippen LogP contribution in [0.5, 0.6) is 0 Å². The lowest BCUT2D eigenvalue weighted by molar-refractivity contribution is -0.125. The molecule has 2 heterocycles. The lowest BCUT2D eigenvalue weighted by Crippen LogP contribution is -2.44. The second kappa shape index (κ2) is 7.32. The Morgan fingerprint density at radius 1 is 1.39 bits per heavy atom. The van der Waals surface area contributed by atoms with Crippen molar-refractivity contribution in [2.24, 2.45) is 0 Å². The van der Waals surface area contributed by atoms with Crippen LogP contribution in [-0.2, 0) is 16.1 Å². The normalized spacial score (nSPS) is 18.1. The summed E-state index contributed by atoms with van der Waals surface area (Å²) < 4.78 is 1.77. The Morgan fingerprint density at radius 2 is 2.22 bits per heavy atom. The van der Waals surface area contributed by atoms with E-state index < -0.39 is 6.04 Å². The molecule has 7 heteroatoms. The number of benzene rings is 1. The van der Waals surface area contributed by atoms with E-state index in [4.69, 9.17) is 0 Å². The summed E-state index contributed by atoms with van der Waals surface area (Å²) in [5.41, 5.74) is 1.77. The van der Waals surface area contributed by atoms with Crippen LogP contribution in [0.4, 0.5) is 5.69 Å². The van der Waals surface area contributed by atoms with E-state index in [9.17, 15) is 9.59 Å². The first kappa shape index (κ1) is 15.6. The predicted octanol–water partition coefficient (Wildman–Crippen LogP) is 1.49. The largest absolute Gasteiger partial charge is 0.343 e. The fourth-order valence-electron chi connectivity index (χ4n) is 2.33. The number of aromatic nitrogens is 2. The monoisotopic (exact) mass is 330 g/mol. The molecule has 120 valence electrons. The number of carbonyl (C=O) groups is 2. The number of anilines is 1. The zero-order valence-electron chi connectivity index (χ0n) is 12.6. The number of nitrogens with zero attached hydrogens (tertiary/aromatic N) is 2. The van der Waals surface area contributed by atoms with Crippen molar-refractivity contribution in [3.05, 3.63) is 48.3 Å². The summed E-state index contributed by atoms with van der Waals surface area (Å²) in [6.45, 7) is 0.646. The van der Waals surface area contributed by atoms with Crippen LogP contribution >= 0.6 is 11.8 Å². The highest BCUT2D eigenvalue weighted by atomic mass is 32.2. The van der Waals surface area contributed by atoms with Crippen LogP contribution in [0, 0.1) is 0 Å². The van der Waals surface area contributed by atoms with Gasteiger partial charge in [-0.2, -0.15) is 16.9 Å². The summed E-state index contributed by atoms with van der Waals surface area (Å²) >= 11 is 1.61. The van der Waals surface area contributed by atoms with E-state index >= 15 is 0 Å². The van der Waals surface area contributed by atoms with Crippen LogP contribution in [-0.4, -0.2) is 39.1 Å². The van der Waals surface area contributed by atoms with Gasteiger partial charge in [0.25, 0.3) is 0 Å². The second-order valence-electron chi connectivity index (χ2n) is 5.35. The van der Waals surface area contributed by atoms with Gasteiger partial charge >= 0.3 is 0 Å². The number of amides is 2. The number of hydrogen-bond donors (Lipinski definition) is 2. The summed E-state index contributed by atoms with van der Waals surface area (Å²) in [6.07, 6.45) is 3.87. The van der Waals surface area contributed by atoms with E-state index in [1.807, 2.05) is 30.3 Å². The second-order valence-corrected chi connectivity index (χ2v) is 6.50. The molecule has 0 unspecified atom stereocenters. The molecular weight excluding hydrogens is 312 g/mol. The van der Waals surface area contributed by atoms with Crippen LogP contribution in [0.2, 0.25) is 0 Å². The van der Waals surface area contributed by atoms with Crippen molar-refractivity contribution in [3.63, 3.8) is 0 Å². The van der Waals surface area contributed by atoms with E-state index in [2.05, 4.69) is 15.7 Å². The minimum atomic E-state index is -0.493. The molecule has 1 aromatic carbocycles. The van der Waals surface area contributed by atoms with Gasteiger partial charge in [0, 0.05) is 24.1 Å². The van der Waals surface area contributed by atoms with Crippen LogP contribution in [0.15, 0.2) is 42.7 Å². The molecule has 2 amide bonds. The van der Waals surface area contributed by atoms with E-state index in [0.29, 0.717) is 24.4 Å². The van der Waals surface area contributed by atoms with E-state index in [0.717, 1.165) is 11.3 Å². The average molecular weight is 330 g/mol. The molecule has 0 saturated carbocycles. The van der Waals surface area contributed by atoms with Gasteiger partial charge in [-0.25, -0.2) is 0 Å². The molecule has 0 radical (unpaired) electrons. The van der Waals surface area contributed by atoms with Crippen LogP contribution < -0.4 is 10.6 Å². The van der Waals surface area contributed by atoms with Gasteiger partial charge in [0.05, 0.1) is 18.4 Å². The third kappa shape index (κ3) is 4.35. The van der Waals surface area contributed by atoms with Crippen LogP contribution in [0.3, 0.4) is 0 Å². The third-order valence-electron chi connectivity index (χ3n) is 3.50. The van der Waals surface area contributed by atoms with Gasteiger partial charge in [0.2, 0.25) is 11.8 Å². The smallest absolute Gasteiger partial charge is 0.247 e. The molecule has 1 aliphatic rings. The Hall–Kier alpha value is -2.28. The Morgan fingerprint density at radius 3 is 3.04 bits per heavy atom. The summed E-state index contributed by atoms with van der Waals surface area (Å²) in [4.78, 5) is 23.8. The fraction of sp³-hybridized carbons (Fsp3) is 0.312. The number of hydrogen-bond acceptors (Lipinski definition) is 4. The van der Waals surface area contributed by atoms with Crippen molar-refractivity contribution < 1.29 is 9.59 Å². The number of thioether (sulfide) groups is 1. The molecule has 3 rings (SSSR count). The van der Waals surface area contributed by atoms with Gasteiger partial charge in [0.15, 0.2) is 0 Å². The molecule has 1 saturated heterocycles. The van der Waals surface area contributed by atoms with Gasteiger partial charge in [-0.15, -0.1) is 0 Å². The Labute approximate surface area is 138 Å². The molecule has 2 aromatic rings. The van der Waals surface area contributed by atoms with E-state index in [1.165, 1.54) is 0 Å². The zero-order valence-corrected chi connectivity index (χ0v) is 13.4. The van der Waals surface area contributed by atoms with Crippen molar-refractivity contribution in [1.82, 2.24) is 15.1 Å². The Kier molecular flexibility index (Phi) is 4.97. The Bertz CT molecular complexity index is 686. The van der Waals surface area contributed by atoms with E-state index in [-0.39, 0.29) is 11.8 Å². The molecule has 23 heavy (non-hydrogen) atoms. The lowest BCUT2D eigenvalue weighted by atomic mass is 10.2. The van der Waals surface area contributed by atoms with Gasteiger partial charge in [0.1, 0.15) is 6.04 Å². The average Bonchev–Trinajstić information content (AvgIpc) is 2.85. The molecule has 1 atom stereocenters. The highest BCUT2D eigenvalue weighted by Gasteiger charge is 2.23. The summed E-state index contributed by atoms with van der Waals surface area (Å²) in [5.74, 6) is 1.07. The summed E-state index contributed by atoms with van der Waals surface area (Å²) in [7, 11) is 0. The van der Waals surface area contributed by atoms with Crippen molar-refractivity contribution in [2.75, 3.05) is 16.8 Å². The summed E-state index contributed by atoms with van der Waals surface area (Å²) in [5, 5.41) is 9.81. The number of rotatable bonds is 4. The van der Waals surface area contributed by atoms with Gasteiger partial charge in [-0.3, -0.25) is 14.3 Å². The van der Waals surface area contributed by atoms with Crippen molar-refractivity contribution in [1.29, 1.82) is 0 Å².